The van der Waals surface area contributed by atoms with Gasteiger partial charge in [0, 0.05) is 0 Å². The maximum Gasteiger partial charge on any atom is 0.362 e. The van der Waals surface area contributed by atoms with Gasteiger partial charge >= 0.3 is 5.96 Å². The molecule has 9 heavy (non-hydrogen) atoms. The summed E-state index contributed by atoms with van der Waals surface area (Å²) in [6.07, 6.45) is 0.903. The minimum Gasteiger partial charge on any atom is -0.289 e. The van der Waals surface area contributed by atoms with Gasteiger partial charge in [-0.25, -0.2) is 0 Å². The molecule has 0 unspecified atom stereocenters. The molecule has 0 aromatic rings. The molecule has 4 nitrogen and oxygen atoms in total. The average Bonchev–Trinajstić information content (AvgIpc) is 1.83. The van der Waals surface area contributed by atoms with Crippen molar-refractivity contribution in [1.29, 1.82) is 0 Å². The van der Waals surface area contributed by atoms with Crippen LogP contribution in [0.15, 0.2) is 5.10 Å². The van der Waals surface area contributed by atoms with Gasteiger partial charge in [-0.05, 0) is 13.3 Å². The lowest BCUT2D eigenvalue weighted by Crippen LogP contribution is -2.72. The summed E-state index contributed by atoms with van der Waals surface area (Å²) in [5.41, 5.74) is 11.1. The number of nitrogens with one attached hydrogen (secondary N) is 1. The van der Waals surface area contributed by atoms with Crippen LogP contribution in [-0.2, 0) is 0 Å². The van der Waals surface area contributed by atoms with E-state index in [4.69, 9.17) is 11.5 Å². The highest BCUT2D eigenvalue weighted by Crippen LogP contribution is 1.75. The number of nitrogens with two attached hydrogens (primary N) is 2. The first-order valence-electron chi connectivity index (χ1n) is 2.84. The molecule has 0 spiro atoms. The highest BCUT2D eigenvalue weighted by Gasteiger charge is 1.84. The van der Waals surface area contributed by atoms with Crippen molar-refractivity contribution >= 4 is 11.7 Å². The average molecular weight is 129 g/mol. The van der Waals surface area contributed by atoms with Gasteiger partial charge in [-0.3, -0.25) is 11.5 Å². The van der Waals surface area contributed by atoms with Crippen molar-refractivity contribution in [2.45, 2.75) is 20.3 Å². The Morgan fingerprint density at radius 3 is 2.44 bits per heavy atom. The number of hydrogen-bond acceptors (Lipinski definition) is 1. The van der Waals surface area contributed by atoms with Gasteiger partial charge in [0.2, 0.25) is 0 Å². The lowest BCUT2D eigenvalue weighted by atomic mass is 10.3. The molecule has 0 heterocycles. The second-order valence-electron chi connectivity index (χ2n) is 1.77. The molecule has 0 amide bonds. The molecule has 52 valence electrons. The van der Waals surface area contributed by atoms with Crippen molar-refractivity contribution < 1.29 is 5.10 Å². The van der Waals surface area contributed by atoms with E-state index in [0.29, 0.717) is 0 Å². The number of hydrogen-bond donors (Lipinski definition) is 3. The van der Waals surface area contributed by atoms with Crippen LogP contribution in [0.4, 0.5) is 0 Å². The molecule has 0 bridgehead atoms. The Morgan fingerprint density at radius 1 is 1.56 bits per heavy atom. The molecule has 0 aromatic heterocycles. The van der Waals surface area contributed by atoms with Crippen molar-refractivity contribution in [1.82, 2.24) is 0 Å². The van der Waals surface area contributed by atoms with Crippen molar-refractivity contribution in [3.63, 3.8) is 0 Å². The molecule has 0 aliphatic rings. The number of nitrogens with zero attached hydrogens (tertiary/aromatic N) is 1. The maximum atomic E-state index is 5.07. The highest BCUT2D eigenvalue weighted by molar-refractivity contribution is 5.81. The Labute approximate surface area is 54.6 Å². The Hall–Kier alpha value is -1.06. The van der Waals surface area contributed by atoms with Crippen LogP contribution in [0.1, 0.15) is 20.3 Å². The molecule has 0 saturated carbocycles. The van der Waals surface area contributed by atoms with Crippen molar-refractivity contribution in [3.05, 3.63) is 0 Å². The molecule has 0 radical (unpaired) electrons. The summed E-state index contributed by atoms with van der Waals surface area (Å²) in [7, 11) is 0. The third-order valence-electron chi connectivity index (χ3n) is 0.888. The van der Waals surface area contributed by atoms with Gasteiger partial charge in [0.15, 0.2) is 0 Å². The Bertz CT molecular complexity index is 132. The van der Waals surface area contributed by atoms with Crippen LogP contribution in [0.5, 0.6) is 0 Å². The summed E-state index contributed by atoms with van der Waals surface area (Å²) in [5.74, 6) is 0.128. The molecule has 0 aromatic carbocycles. The first kappa shape index (κ1) is 7.94. The summed E-state index contributed by atoms with van der Waals surface area (Å²) in [6.45, 7) is 3.91. The number of rotatable bonds is 2. The minimum atomic E-state index is 0.128. The minimum absolute atomic E-state index is 0.128. The van der Waals surface area contributed by atoms with E-state index in [9.17, 15) is 0 Å². The van der Waals surface area contributed by atoms with E-state index in [0.717, 1.165) is 12.1 Å². The monoisotopic (exact) mass is 129 g/mol. The van der Waals surface area contributed by atoms with E-state index in [1.807, 2.05) is 13.8 Å². The fourth-order valence-corrected chi connectivity index (χ4v) is 0.239. The van der Waals surface area contributed by atoms with Gasteiger partial charge in [-0.2, -0.15) is 5.10 Å². The van der Waals surface area contributed by atoms with Crippen LogP contribution < -0.4 is 16.6 Å². The predicted molar refractivity (Wildman–Crippen MR) is 37.7 cm³/mol. The van der Waals surface area contributed by atoms with Crippen LogP contribution in [0.3, 0.4) is 0 Å². The molecule has 0 saturated heterocycles. The molecule has 0 fully saturated rings. The zero-order valence-electron chi connectivity index (χ0n) is 5.81. The normalized spacial score (nSPS) is 11.1. The van der Waals surface area contributed by atoms with Gasteiger partial charge in [0.25, 0.3) is 0 Å². The lowest BCUT2D eigenvalue weighted by molar-refractivity contribution is -0.464. The molecule has 0 aliphatic carbocycles. The van der Waals surface area contributed by atoms with Crippen LogP contribution in [0.2, 0.25) is 0 Å². The van der Waals surface area contributed by atoms with Crippen LogP contribution >= 0.6 is 0 Å². The smallest absolute Gasteiger partial charge is 0.289 e. The predicted octanol–water partition coefficient (Wildman–Crippen LogP) is -1.87. The lowest BCUT2D eigenvalue weighted by Gasteiger charge is -1.85. The Morgan fingerprint density at radius 2 is 2.11 bits per heavy atom. The summed E-state index contributed by atoms with van der Waals surface area (Å²) >= 11 is 0. The molecular weight excluding hydrogens is 116 g/mol. The van der Waals surface area contributed by atoms with E-state index >= 15 is 0 Å². The van der Waals surface area contributed by atoms with Gasteiger partial charge < -0.3 is 0 Å². The third-order valence-corrected chi connectivity index (χ3v) is 0.888. The standard InChI is InChI=1S/C5H12N4/c1-3-4(2)8-9-5(6)7/h3H2,1-2H3,(H4,6,7,9)/p+1. The molecular formula is C5H13N4+. The Kier molecular flexibility index (Phi) is 3.43. The summed E-state index contributed by atoms with van der Waals surface area (Å²) in [5, 5.41) is 6.28. The fourth-order valence-electron chi connectivity index (χ4n) is 0.239. The first-order chi connectivity index (χ1) is 4.16. The topological polar surface area (TPSA) is 78.4 Å². The van der Waals surface area contributed by atoms with E-state index < -0.39 is 0 Å². The van der Waals surface area contributed by atoms with E-state index in [-0.39, 0.29) is 5.96 Å². The van der Waals surface area contributed by atoms with Crippen molar-refractivity contribution in [3.8, 4) is 0 Å². The Balaban J connectivity index is 3.83. The zero-order chi connectivity index (χ0) is 7.28. The van der Waals surface area contributed by atoms with Crippen molar-refractivity contribution in [2.75, 3.05) is 0 Å². The summed E-state index contributed by atoms with van der Waals surface area (Å²) < 4.78 is 0. The van der Waals surface area contributed by atoms with E-state index in [1.54, 1.807) is 0 Å². The van der Waals surface area contributed by atoms with Gasteiger partial charge in [-0.1, -0.05) is 6.92 Å². The quantitative estimate of drug-likeness (QED) is 0.232. The fraction of sp³-hybridized carbons (Fsp3) is 0.600. The molecule has 0 atom stereocenters. The van der Waals surface area contributed by atoms with Gasteiger partial charge in [-0.15, -0.1) is 5.10 Å². The number of guanidine groups is 1. The van der Waals surface area contributed by atoms with Gasteiger partial charge in [0.1, 0.15) is 0 Å². The van der Waals surface area contributed by atoms with E-state index in [2.05, 4.69) is 10.2 Å². The third kappa shape index (κ3) is 4.80. The van der Waals surface area contributed by atoms with Crippen LogP contribution in [0.25, 0.3) is 0 Å². The zero-order valence-corrected chi connectivity index (χ0v) is 5.81. The maximum absolute atomic E-state index is 5.07. The SMILES string of the molecule is CCC(C)=N[NH+]=C(N)N. The largest absolute Gasteiger partial charge is 0.362 e. The summed E-state index contributed by atoms with van der Waals surface area (Å²) in [6, 6.07) is 0. The molecule has 0 rings (SSSR count). The van der Waals surface area contributed by atoms with E-state index in [1.165, 1.54) is 0 Å². The second-order valence-corrected chi connectivity index (χ2v) is 1.77. The van der Waals surface area contributed by atoms with Gasteiger partial charge in [0.05, 0.1) is 5.71 Å². The van der Waals surface area contributed by atoms with Crippen LogP contribution in [-0.4, -0.2) is 11.7 Å². The first-order valence-corrected chi connectivity index (χ1v) is 2.84. The number of hydrazone groups is 1. The second kappa shape index (κ2) is 3.88. The molecule has 4 heteroatoms. The van der Waals surface area contributed by atoms with Crippen LogP contribution in [0, 0.1) is 0 Å². The molecule has 0 aliphatic heterocycles. The summed E-state index contributed by atoms with van der Waals surface area (Å²) in [4.78, 5) is 0. The highest BCUT2D eigenvalue weighted by atomic mass is 15.3. The van der Waals surface area contributed by atoms with Crippen molar-refractivity contribution in [2.24, 2.45) is 16.6 Å². The molecule has 5 N–H and O–H groups in total.